The second-order valence-corrected chi connectivity index (χ2v) is 10.1. The third-order valence-corrected chi connectivity index (χ3v) is 7.64. The minimum Gasteiger partial charge on any atom is -0.483 e. The van der Waals surface area contributed by atoms with Crippen molar-refractivity contribution in [2.75, 3.05) is 25.0 Å². The number of aryl methyl sites for hydroxylation is 1. The molecule has 1 aliphatic rings. The molecule has 0 spiro atoms. The van der Waals surface area contributed by atoms with Gasteiger partial charge in [0.15, 0.2) is 6.61 Å². The molecule has 0 radical (unpaired) electrons. The number of anilines is 1. The highest BCUT2D eigenvalue weighted by Crippen LogP contribution is 2.26. The molecule has 0 saturated carbocycles. The van der Waals surface area contributed by atoms with E-state index in [1.165, 1.54) is 17.7 Å². The standard InChI is InChI=1S/C22H27BrN2O4S/c1-2-17-7-12-21(20(23)15-17)29-16-22(26)24-18-8-10-19(11-9-18)30(27,28)25-13-5-3-4-6-14-25/h7-12,15H,2-6,13-14,16H2,1H3,(H,24,26). The average Bonchev–Trinajstić information content (AvgIpc) is 3.03. The van der Waals surface area contributed by atoms with Gasteiger partial charge in [0.05, 0.1) is 9.37 Å². The van der Waals surface area contributed by atoms with Crippen molar-refractivity contribution in [2.45, 2.75) is 43.9 Å². The lowest BCUT2D eigenvalue weighted by atomic mass is 10.2. The van der Waals surface area contributed by atoms with Crippen LogP contribution in [0, 0.1) is 0 Å². The predicted octanol–water partition coefficient (Wildman–Crippen LogP) is 4.59. The van der Waals surface area contributed by atoms with Crippen LogP contribution < -0.4 is 10.1 Å². The number of carbonyl (C=O) groups excluding carboxylic acids is 1. The zero-order chi connectivity index (χ0) is 21.6. The van der Waals surface area contributed by atoms with Crippen molar-refractivity contribution in [1.29, 1.82) is 0 Å². The van der Waals surface area contributed by atoms with Gasteiger partial charge in [0.2, 0.25) is 10.0 Å². The second kappa shape index (κ2) is 10.4. The Labute approximate surface area is 186 Å². The lowest BCUT2D eigenvalue weighted by Gasteiger charge is -2.20. The van der Waals surface area contributed by atoms with Crippen LogP contribution in [0.1, 0.15) is 38.2 Å². The van der Waals surface area contributed by atoms with Crippen molar-refractivity contribution in [1.82, 2.24) is 4.31 Å². The molecule has 1 N–H and O–H groups in total. The van der Waals surface area contributed by atoms with E-state index in [1.54, 1.807) is 16.4 Å². The maximum absolute atomic E-state index is 12.8. The monoisotopic (exact) mass is 494 g/mol. The van der Waals surface area contributed by atoms with Crippen LogP contribution in [0.25, 0.3) is 0 Å². The molecule has 0 aromatic heterocycles. The van der Waals surface area contributed by atoms with E-state index >= 15 is 0 Å². The van der Waals surface area contributed by atoms with Gasteiger partial charge in [-0.2, -0.15) is 4.31 Å². The molecule has 3 rings (SSSR count). The van der Waals surface area contributed by atoms with E-state index in [1.807, 2.05) is 18.2 Å². The molecule has 1 saturated heterocycles. The third kappa shape index (κ3) is 5.83. The first-order chi connectivity index (χ1) is 14.4. The van der Waals surface area contributed by atoms with Crippen LogP contribution in [-0.4, -0.2) is 38.3 Å². The number of nitrogens with zero attached hydrogens (tertiary/aromatic N) is 1. The SMILES string of the molecule is CCc1ccc(OCC(=O)Nc2ccc(S(=O)(=O)N3CCCCCC3)cc2)c(Br)c1. The molecule has 1 heterocycles. The van der Waals surface area contributed by atoms with Crippen LogP contribution in [-0.2, 0) is 21.2 Å². The van der Waals surface area contributed by atoms with Crippen LogP contribution >= 0.6 is 15.9 Å². The van der Waals surface area contributed by atoms with Gasteiger partial charge in [-0.1, -0.05) is 25.8 Å². The molecule has 6 nitrogen and oxygen atoms in total. The first kappa shape index (κ1) is 22.8. The normalized spacial score (nSPS) is 15.4. The fourth-order valence-corrected chi connectivity index (χ4v) is 5.42. The molecule has 1 aliphatic heterocycles. The van der Waals surface area contributed by atoms with E-state index in [-0.39, 0.29) is 17.4 Å². The minimum absolute atomic E-state index is 0.141. The number of hydrogen-bond donors (Lipinski definition) is 1. The Balaban J connectivity index is 1.57. The van der Waals surface area contributed by atoms with Crippen LogP contribution in [0.4, 0.5) is 5.69 Å². The number of sulfonamides is 1. The maximum atomic E-state index is 12.8. The Morgan fingerprint density at radius 2 is 1.73 bits per heavy atom. The molecule has 0 aliphatic carbocycles. The number of rotatable bonds is 7. The summed E-state index contributed by atoms with van der Waals surface area (Å²) in [5, 5.41) is 2.73. The van der Waals surface area contributed by atoms with Gasteiger partial charge in [0.1, 0.15) is 5.75 Å². The molecular weight excluding hydrogens is 468 g/mol. The Morgan fingerprint density at radius 3 is 2.33 bits per heavy atom. The minimum atomic E-state index is -3.50. The fraction of sp³-hybridized carbons (Fsp3) is 0.409. The molecular formula is C22H27BrN2O4S. The van der Waals surface area contributed by atoms with Gasteiger partial charge in [-0.15, -0.1) is 0 Å². The Kier molecular flexibility index (Phi) is 7.91. The van der Waals surface area contributed by atoms with Crippen molar-refractivity contribution >= 4 is 37.5 Å². The molecule has 0 unspecified atom stereocenters. The topological polar surface area (TPSA) is 75.7 Å². The first-order valence-electron chi connectivity index (χ1n) is 10.2. The van der Waals surface area contributed by atoms with Gasteiger partial charge < -0.3 is 10.1 Å². The van der Waals surface area contributed by atoms with E-state index < -0.39 is 10.0 Å². The summed E-state index contributed by atoms with van der Waals surface area (Å²) >= 11 is 3.45. The number of ether oxygens (including phenoxy) is 1. The molecule has 0 atom stereocenters. The van der Waals surface area contributed by atoms with Gasteiger partial charge in [-0.3, -0.25) is 4.79 Å². The Morgan fingerprint density at radius 1 is 1.07 bits per heavy atom. The van der Waals surface area contributed by atoms with Crippen molar-refractivity contribution < 1.29 is 17.9 Å². The van der Waals surface area contributed by atoms with Gasteiger partial charge in [0, 0.05) is 18.8 Å². The largest absolute Gasteiger partial charge is 0.483 e. The molecule has 0 bridgehead atoms. The summed E-state index contributed by atoms with van der Waals surface area (Å²) in [6, 6.07) is 12.0. The van der Waals surface area contributed by atoms with E-state index in [4.69, 9.17) is 4.74 Å². The molecule has 2 aromatic carbocycles. The lowest BCUT2D eigenvalue weighted by Crippen LogP contribution is -2.31. The van der Waals surface area contributed by atoms with Gasteiger partial charge in [0.25, 0.3) is 5.91 Å². The third-order valence-electron chi connectivity index (χ3n) is 5.10. The number of carbonyl (C=O) groups is 1. The average molecular weight is 495 g/mol. The highest BCUT2D eigenvalue weighted by molar-refractivity contribution is 9.10. The van der Waals surface area contributed by atoms with E-state index in [2.05, 4.69) is 28.2 Å². The first-order valence-corrected chi connectivity index (χ1v) is 12.4. The van der Waals surface area contributed by atoms with Crippen molar-refractivity contribution in [3.05, 3.63) is 52.5 Å². The predicted molar refractivity (Wildman–Crippen MR) is 121 cm³/mol. The van der Waals surface area contributed by atoms with Crippen LogP contribution in [0.2, 0.25) is 0 Å². The van der Waals surface area contributed by atoms with Crippen LogP contribution in [0.5, 0.6) is 5.75 Å². The summed E-state index contributed by atoms with van der Waals surface area (Å²) in [6.07, 6.45) is 4.84. The number of nitrogens with one attached hydrogen (secondary N) is 1. The molecule has 30 heavy (non-hydrogen) atoms. The highest BCUT2D eigenvalue weighted by atomic mass is 79.9. The van der Waals surface area contributed by atoms with Gasteiger partial charge in [-0.05, 0) is 77.2 Å². The fourth-order valence-electron chi connectivity index (χ4n) is 3.36. The quantitative estimate of drug-likeness (QED) is 0.610. The highest BCUT2D eigenvalue weighted by Gasteiger charge is 2.25. The molecule has 1 fully saturated rings. The zero-order valence-corrected chi connectivity index (χ0v) is 19.5. The molecule has 162 valence electrons. The summed E-state index contributed by atoms with van der Waals surface area (Å²) in [5.41, 5.74) is 1.70. The van der Waals surface area contributed by atoms with Crippen molar-refractivity contribution in [2.24, 2.45) is 0 Å². The number of benzene rings is 2. The molecule has 1 amide bonds. The van der Waals surface area contributed by atoms with Crippen molar-refractivity contribution in [3.8, 4) is 5.75 Å². The summed E-state index contributed by atoms with van der Waals surface area (Å²) < 4.78 is 33.6. The summed E-state index contributed by atoms with van der Waals surface area (Å²) in [7, 11) is -3.50. The number of amides is 1. The number of hydrogen-bond acceptors (Lipinski definition) is 4. The number of halogens is 1. The molecule has 8 heteroatoms. The van der Waals surface area contributed by atoms with E-state index in [9.17, 15) is 13.2 Å². The maximum Gasteiger partial charge on any atom is 0.262 e. The Hall–Kier alpha value is -1.90. The van der Waals surface area contributed by atoms with Crippen LogP contribution in [0.3, 0.4) is 0 Å². The van der Waals surface area contributed by atoms with Gasteiger partial charge >= 0.3 is 0 Å². The summed E-state index contributed by atoms with van der Waals surface area (Å²) in [4.78, 5) is 12.5. The van der Waals surface area contributed by atoms with Crippen LogP contribution in [0.15, 0.2) is 51.8 Å². The lowest BCUT2D eigenvalue weighted by molar-refractivity contribution is -0.118. The Bertz CT molecular complexity index is 969. The van der Waals surface area contributed by atoms with Gasteiger partial charge in [-0.25, -0.2) is 8.42 Å². The zero-order valence-electron chi connectivity index (χ0n) is 17.1. The summed E-state index contributed by atoms with van der Waals surface area (Å²) in [5.74, 6) is 0.283. The van der Waals surface area contributed by atoms with Crippen molar-refractivity contribution in [3.63, 3.8) is 0 Å². The second-order valence-electron chi connectivity index (χ2n) is 7.30. The molecule has 2 aromatic rings. The smallest absolute Gasteiger partial charge is 0.262 e. The van der Waals surface area contributed by atoms with E-state index in [0.29, 0.717) is 24.5 Å². The van der Waals surface area contributed by atoms with E-state index in [0.717, 1.165) is 36.6 Å². The summed E-state index contributed by atoms with van der Waals surface area (Å²) in [6.45, 7) is 3.05.